The van der Waals surface area contributed by atoms with Gasteiger partial charge >= 0.3 is 0 Å². The van der Waals surface area contributed by atoms with Crippen LogP contribution in [0.4, 0.5) is 0 Å². The van der Waals surface area contributed by atoms with E-state index in [9.17, 15) is 0 Å². The summed E-state index contributed by atoms with van der Waals surface area (Å²) in [5, 5.41) is 7.46. The molecule has 0 N–H and O–H groups in total. The van der Waals surface area contributed by atoms with E-state index in [-0.39, 0.29) is 0 Å². The van der Waals surface area contributed by atoms with Gasteiger partial charge in [-0.05, 0) is 12.8 Å². The van der Waals surface area contributed by atoms with Gasteiger partial charge in [0.15, 0.2) is 0 Å². The average molecular weight is 122 g/mol. The minimum absolute atomic E-state index is 0.713. The Hall–Kier alpha value is -0.860. The Balaban J connectivity index is 2.35. The number of aryl methyl sites for hydroxylation is 1. The van der Waals surface area contributed by atoms with Crippen molar-refractivity contribution in [1.82, 2.24) is 15.0 Å². The maximum atomic E-state index is 3.79. The minimum Gasteiger partial charge on any atom is -0.251 e. The van der Waals surface area contributed by atoms with Gasteiger partial charge in [0.05, 0.1) is 5.69 Å². The van der Waals surface area contributed by atoms with Gasteiger partial charge in [-0.1, -0.05) is 5.21 Å². The zero-order valence-electron chi connectivity index (χ0n) is 5.33. The first kappa shape index (κ1) is 4.97. The molecule has 0 unspecified atom stereocenters. The predicted molar refractivity (Wildman–Crippen MR) is 31.8 cm³/mol. The summed E-state index contributed by atoms with van der Waals surface area (Å²) >= 11 is 0. The molecular formula is C6H8N3. The second-order valence-electron chi connectivity index (χ2n) is 2.48. The van der Waals surface area contributed by atoms with E-state index in [1.165, 1.54) is 12.8 Å². The summed E-state index contributed by atoms with van der Waals surface area (Å²) < 4.78 is 1.80. The fourth-order valence-corrected chi connectivity index (χ4v) is 0.973. The summed E-state index contributed by atoms with van der Waals surface area (Å²) in [6, 6.07) is 0. The topological polar surface area (TPSA) is 30.7 Å². The predicted octanol–water partition coefficient (Wildman–Crippen LogP) is 0.493. The van der Waals surface area contributed by atoms with Crippen LogP contribution in [0.3, 0.4) is 0 Å². The Labute approximate surface area is 53.7 Å². The number of rotatable bonds is 1. The lowest BCUT2D eigenvalue weighted by Crippen LogP contribution is -1.95. The number of hydrogen-bond acceptors (Lipinski definition) is 2. The molecule has 3 nitrogen and oxygen atoms in total. The molecule has 0 aromatic carbocycles. The molecular weight excluding hydrogens is 114 g/mol. The molecule has 47 valence electrons. The standard InChI is InChI=1S/C6H8N3/c1-9-6(4-7-8-9)5-2-3-5/h5H,2-3H2,1H3. The largest absolute Gasteiger partial charge is 0.251 e. The molecule has 0 amide bonds. The second-order valence-corrected chi connectivity index (χ2v) is 2.48. The van der Waals surface area contributed by atoms with Crippen LogP contribution >= 0.6 is 0 Å². The van der Waals surface area contributed by atoms with Gasteiger partial charge in [0.1, 0.15) is 6.20 Å². The monoisotopic (exact) mass is 122 g/mol. The highest BCUT2D eigenvalue weighted by atomic mass is 15.4. The molecule has 1 aliphatic carbocycles. The molecule has 1 heterocycles. The van der Waals surface area contributed by atoms with Gasteiger partial charge in [-0.25, -0.2) is 0 Å². The van der Waals surface area contributed by atoms with Crippen molar-refractivity contribution in [3.63, 3.8) is 0 Å². The van der Waals surface area contributed by atoms with E-state index in [1.807, 2.05) is 7.05 Å². The van der Waals surface area contributed by atoms with Gasteiger partial charge in [0, 0.05) is 13.0 Å². The fourth-order valence-electron chi connectivity index (χ4n) is 0.973. The van der Waals surface area contributed by atoms with Crippen molar-refractivity contribution in [2.45, 2.75) is 18.8 Å². The lowest BCUT2D eigenvalue weighted by Gasteiger charge is -1.92. The van der Waals surface area contributed by atoms with Crippen molar-refractivity contribution in [2.24, 2.45) is 7.05 Å². The van der Waals surface area contributed by atoms with E-state index < -0.39 is 0 Å². The quantitative estimate of drug-likeness (QED) is 0.542. The number of hydrogen-bond donors (Lipinski definition) is 0. The molecule has 2 rings (SSSR count). The molecule has 3 heteroatoms. The fraction of sp³-hybridized carbons (Fsp3) is 0.667. The van der Waals surface area contributed by atoms with Crippen LogP contribution in [-0.4, -0.2) is 15.0 Å². The molecule has 0 bridgehead atoms. The van der Waals surface area contributed by atoms with Crippen molar-refractivity contribution in [3.8, 4) is 0 Å². The van der Waals surface area contributed by atoms with Crippen molar-refractivity contribution in [1.29, 1.82) is 0 Å². The smallest absolute Gasteiger partial charge is 0.138 e. The maximum Gasteiger partial charge on any atom is 0.138 e. The van der Waals surface area contributed by atoms with Gasteiger partial charge < -0.3 is 0 Å². The third-order valence-electron chi connectivity index (χ3n) is 1.66. The summed E-state index contributed by atoms with van der Waals surface area (Å²) in [7, 11) is 1.91. The SMILES string of the molecule is Cn1nn[c]c1C1CC1. The van der Waals surface area contributed by atoms with Crippen LogP contribution in [-0.2, 0) is 7.05 Å². The molecule has 0 atom stereocenters. The van der Waals surface area contributed by atoms with Gasteiger partial charge in [0.2, 0.25) is 0 Å². The normalized spacial score (nSPS) is 18.3. The molecule has 1 aliphatic rings. The highest BCUT2D eigenvalue weighted by molar-refractivity contribution is 5.08. The van der Waals surface area contributed by atoms with Crippen LogP contribution < -0.4 is 0 Å². The van der Waals surface area contributed by atoms with Crippen molar-refractivity contribution < 1.29 is 0 Å². The Morgan fingerprint density at radius 1 is 1.67 bits per heavy atom. The molecule has 0 aliphatic heterocycles. The highest BCUT2D eigenvalue weighted by Crippen LogP contribution is 2.38. The first-order chi connectivity index (χ1) is 4.38. The van der Waals surface area contributed by atoms with Gasteiger partial charge in [-0.15, -0.1) is 5.10 Å². The van der Waals surface area contributed by atoms with Crippen molar-refractivity contribution in [2.75, 3.05) is 0 Å². The molecule has 1 fully saturated rings. The maximum absolute atomic E-state index is 3.79. The summed E-state index contributed by atoms with van der Waals surface area (Å²) in [5.74, 6) is 0.713. The third kappa shape index (κ3) is 0.724. The Morgan fingerprint density at radius 2 is 2.44 bits per heavy atom. The minimum atomic E-state index is 0.713. The molecule has 1 aromatic heterocycles. The number of nitrogens with zero attached hydrogens (tertiary/aromatic N) is 3. The first-order valence-electron chi connectivity index (χ1n) is 3.15. The molecule has 0 spiro atoms. The Kier molecular flexibility index (Phi) is 0.860. The summed E-state index contributed by atoms with van der Waals surface area (Å²) in [6.07, 6.45) is 5.45. The molecule has 1 saturated carbocycles. The van der Waals surface area contributed by atoms with Crippen LogP contribution in [0.2, 0.25) is 0 Å². The molecule has 0 saturated heterocycles. The van der Waals surface area contributed by atoms with Crippen LogP contribution in [0.5, 0.6) is 0 Å². The van der Waals surface area contributed by atoms with Crippen LogP contribution in [0, 0.1) is 6.20 Å². The van der Waals surface area contributed by atoms with Crippen molar-refractivity contribution in [3.05, 3.63) is 11.9 Å². The third-order valence-corrected chi connectivity index (χ3v) is 1.66. The highest BCUT2D eigenvalue weighted by Gasteiger charge is 2.26. The molecule has 1 radical (unpaired) electrons. The first-order valence-corrected chi connectivity index (χ1v) is 3.15. The van der Waals surface area contributed by atoms with Gasteiger partial charge in [0.25, 0.3) is 0 Å². The number of aromatic nitrogens is 3. The van der Waals surface area contributed by atoms with E-state index in [0.29, 0.717) is 5.92 Å². The van der Waals surface area contributed by atoms with E-state index in [4.69, 9.17) is 0 Å². The Bertz CT molecular complexity index is 212. The molecule has 9 heavy (non-hydrogen) atoms. The summed E-state index contributed by atoms with van der Waals surface area (Å²) in [6.45, 7) is 0. The summed E-state index contributed by atoms with van der Waals surface area (Å²) in [5.41, 5.74) is 1.16. The van der Waals surface area contributed by atoms with Gasteiger partial charge in [-0.2, -0.15) is 0 Å². The lowest BCUT2D eigenvalue weighted by atomic mass is 10.3. The molecule has 1 aromatic rings. The van der Waals surface area contributed by atoms with Crippen LogP contribution in [0.25, 0.3) is 0 Å². The Morgan fingerprint density at radius 3 is 2.89 bits per heavy atom. The zero-order valence-corrected chi connectivity index (χ0v) is 5.33. The van der Waals surface area contributed by atoms with Crippen molar-refractivity contribution >= 4 is 0 Å². The van der Waals surface area contributed by atoms with Crippen LogP contribution in [0.1, 0.15) is 24.5 Å². The van der Waals surface area contributed by atoms with Crippen LogP contribution in [0.15, 0.2) is 0 Å². The average Bonchev–Trinajstić information content (AvgIpc) is 2.58. The lowest BCUT2D eigenvalue weighted by molar-refractivity contribution is 0.679. The van der Waals surface area contributed by atoms with E-state index in [2.05, 4.69) is 16.5 Å². The van der Waals surface area contributed by atoms with E-state index in [0.717, 1.165) is 5.69 Å². The second kappa shape index (κ2) is 1.56. The van der Waals surface area contributed by atoms with Gasteiger partial charge in [-0.3, -0.25) is 4.68 Å². The summed E-state index contributed by atoms with van der Waals surface area (Å²) in [4.78, 5) is 0. The van der Waals surface area contributed by atoms with E-state index in [1.54, 1.807) is 4.68 Å². The van der Waals surface area contributed by atoms with E-state index >= 15 is 0 Å². The zero-order chi connectivity index (χ0) is 6.27.